The molecule has 0 radical (unpaired) electrons. The van der Waals surface area contributed by atoms with E-state index in [2.05, 4.69) is 60.2 Å². The molecule has 0 atom stereocenters. The highest BCUT2D eigenvalue weighted by Crippen LogP contribution is 2.31. The van der Waals surface area contributed by atoms with Gasteiger partial charge in [-0.05, 0) is 46.5 Å². The van der Waals surface area contributed by atoms with Crippen LogP contribution in [0.25, 0.3) is 0 Å². The number of thiocarbonyl (C=S) groups is 2. The summed E-state index contributed by atoms with van der Waals surface area (Å²) >= 11 is 10.4. The minimum absolute atomic E-state index is 0.125. The Morgan fingerprint density at radius 2 is 1.12 bits per heavy atom. The lowest BCUT2D eigenvalue weighted by Crippen LogP contribution is -2.47. The summed E-state index contributed by atoms with van der Waals surface area (Å²) in [5.41, 5.74) is 4.28. The van der Waals surface area contributed by atoms with Gasteiger partial charge in [0.2, 0.25) is 0 Å². The lowest BCUT2D eigenvalue weighted by Gasteiger charge is -2.31. The molecule has 1 aromatic rings. The zero-order valence-electron chi connectivity index (χ0n) is 14.5. The van der Waals surface area contributed by atoms with Crippen molar-refractivity contribution in [3.05, 3.63) is 34.9 Å². The summed E-state index contributed by atoms with van der Waals surface area (Å²) in [5, 5.41) is 14.6. The van der Waals surface area contributed by atoms with Gasteiger partial charge in [-0.15, -0.1) is 0 Å². The van der Waals surface area contributed by atoms with Crippen LogP contribution in [-0.4, -0.2) is 36.4 Å². The number of rotatable bonds is 2. The Morgan fingerprint density at radius 1 is 0.750 bits per heavy atom. The van der Waals surface area contributed by atoms with E-state index < -0.39 is 0 Å². The minimum atomic E-state index is 0.125. The Labute approximate surface area is 155 Å². The van der Waals surface area contributed by atoms with Crippen molar-refractivity contribution in [1.29, 1.82) is 0 Å². The molecule has 2 heterocycles. The molecule has 4 N–H and O–H groups in total. The second-order valence-corrected chi connectivity index (χ2v) is 8.53. The lowest BCUT2D eigenvalue weighted by atomic mass is 9.81. The zero-order chi connectivity index (χ0) is 17.3. The van der Waals surface area contributed by atoms with Crippen LogP contribution in [0.3, 0.4) is 0 Å². The molecule has 0 aromatic heterocycles. The molecule has 0 aliphatic carbocycles. The summed E-state index contributed by atoms with van der Waals surface area (Å²) < 4.78 is 0. The number of hydrogen-bond acceptors (Lipinski definition) is 2. The van der Waals surface area contributed by atoms with Gasteiger partial charge in [0, 0.05) is 38.0 Å². The van der Waals surface area contributed by atoms with E-state index in [4.69, 9.17) is 24.4 Å². The number of hydrogen-bond donors (Lipinski definition) is 4. The van der Waals surface area contributed by atoms with E-state index >= 15 is 0 Å². The molecular weight excluding hydrogens is 336 g/mol. The van der Waals surface area contributed by atoms with Crippen molar-refractivity contribution < 1.29 is 0 Å². The Bertz CT molecular complexity index is 585. The minimum Gasteiger partial charge on any atom is -0.362 e. The third kappa shape index (κ3) is 3.98. The van der Waals surface area contributed by atoms with Gasteiger partial charge in [0.1, 0.15) is 0 Å². The first-order chi connectivity index (χ1) is 11.3. The molecule has 1 aromatic carbocycles. The Kier molecular flexibility index (Phi) is 4.97. The Hall–Kier alpha value is -1.40. The van der Waals surface area contributed by atoms with Gasteiger partial charge >= 0.3 is 0 Å². The fourth-order valence-corrected chi connectivity index (χ4v) is 3.52. The van der Waals surface area contributed by atoms with E-state index in [1.807, 2.05) is 0 Å². The van der Waals surface area contributed by atoms with Crippen molar-refractivity contribution >= 4 is 34.7 Å². The van der Waals surface area contributed by atoms with Crippen LogP contribution in [0.5, 0.6) is 0 Å². The predicted octanol–water partition coefficient (Wildman–Crippen LogP) is 2.11. The third-order valence-corrected chi connectivity index (χ3v) is 5.40. The molecule has 4 nitrogen and oxygen atoms in total. The molecule has 0 amide bonds. The van der Waals surface area contributed by atoms with E-state index in [9.17, 15) is 0 Å². The van der Waals surface area contributed by atoms with Crippen LogP contribution in [0.1, 0.15) is 49.3 Å². The quantitative estimate of drug-likeness (QED) is 0.605. The average Bonchev–Trinajstić information content (AvgIpc) is 2.55. The first kappa shape index (κ1) is 17.4. The van der Waals surface area contributed by atoms with Gasteiger partial charge in [-0.25, -0.2) is 0 Å². The van der Waals surface area contributed by atoms with Gasteiger partial charge in [-0.2, -0.15) is 0 Å². The van der Waals surface area contributed by atoms with Crippen LogP contribution in [0.2, 0.25) is 0 Å². The van der Waals surface area contributed by atoms with Crippen molar-refractivity contribution in [2.75, 3.05) is 26.2 Å². The average molecular weight is 363 g/mol. The van der Waals surface area contributed by atoms with Gasteiger partial charge in [-0.3, -0.25) is 0 Å². The van der Waals surface area contributed by atoms with Crippen LogP contribution < -0.4 is 21.3 Å². The van der Waals surface area contributed by atoms with Gasteiger partial charge in [0.15, 0.2) is 10.2 Å². The molecule has 0 unspecified atom stereocenters. The molecule has 0 spiro atoms. The molecule has 130 valence electrons. The van der Waals surface area contributed by atoms with Crippen LogP contribution in [0, 0.1) is 0 Å². The summed E-state index contributed by atoms with van der Waals surface area (Å²) in [6.45, 7) is 10.4. The van der Waals surface area contributed by atoms with E-state index in [1.54, 1.807) is 0 Å². The van der Waals surface area contributed by atoms with Gasteiger partial charge in [0.25, 0.3) is 0 Å². The van der Waals surface area contributed by atoms with Gasteiger partial charge in [0.05, 0.1) is 0 Å². The highest BCUT2D eigenvalue weighted by molar-refractivity contribution is 7.80. The molecule has 0 saturated carbocycles. The normalized spacial score (nSPS) is 20.0. The molecule has 3 rings (SSSR count). The fraction of sp³-hybridized carbons (Fsp3) is 0.556. The van der Waals surface area contributed by atoms with E-state index in [0.717, 1.165) is 36.4 Å². The second-order valence-electron chi connectivity index (χ2n) is 7.71. The van der Waals surface area contributed by atoms with Crippen molar-refractivity contribution in [1.82, 2.24) is 21.3 Å². The fourth-order valence-electron chi connectivity index (χ4n) is 3.19. The number of benzene rings is 1. The maximum absolute atomic E-state index is 5.18. The standard InChI is InChI=1S/C18H26N4S2/c1-18(2,3)15-5-11(13-7-19-16(23)20-8-13)4-12(6-15)14-9-21-17(24)22-10-14/h4-6,13-14H,7-10H2,1-3H3,(H2,19,20,23)(H2,21,22,24). The smallest absolute Gasteiger partial charge is 0.166 e. The molecule has 0 bridgehead atoms. The van der Waals surface area contributed by atoms with Crippen molar-refractivity contribution in [3.8, 4) is 0 Å². The molecule has 2 saturated heterocycles. The van der Waals surface area contributed by atoms with Gasteiger partial charge < -0.3 is 21.3 Å². The first-order valence-electron chi connectivity index (χ1n) is 8.51. The predicted molar refractivity (Wildman–Crippen MR) is 108 cm³/mol. The summed E-state index contributed by atoms with van der Waals surface area (Å²) in [4.78, 5) is 0. The molecule has 2 aliphatic heterocycles. The molecule has 6 heteroatoms. The topological polar surface area (TPSA) is 48.1 Å². The lowest BCUT2D eigenvalue weighted by molar-refractivity contribution is 0.560. The Balaban J connectivity index is 1.91. The van der Waals surface area contributed by atoms with Crippen molar-refractivity contribution in [3.63, 3.8) is 0 Å². The second kappa shape index (κ2) is 6.84. The maximum Gasteiger partial charge on any atom is 0.166 e. The first-order valence-corrected chi connectivity index (χ1v) is 9.33. The molecule has 24 heavy (non-hydrogen) atoms. The molecule has 2 fully saturated rings. The van der Waals surface area contributed by atoms with Crippen molar-refractivity contribution in [2.45, 2.75) is 38.0 Å². The van der Waals surface area contributed by atoms with Crippen LogP contribution in [0.15, 0.2) is 18.2 Å². The third-order valence-electron chi connectivity index (χ3n) is 4.82. The van der Waals surface area contributed by atoms with Crippen LogP contribution >= 0.6 is 24.4 Å². The molecular formula is C18H26N4S2. The Morgan fingerprint density at radius 3 is 1.46 bits per heavy atom. The summed E-state index contributed by atoms with van der Waals surface area (Å²) in [6, 6.07) is 7.08. The number of nitrogens with one attached hydrogen (secondary N) is 4. The summed E-state index contributed by atoms with van der Waals surface area (Å²) in [5.74, 6) is 0.867. The maximum atomic E-state index is 5.18. The zero-order valence-corrected chi connectivity index (χ0v) is 16.2. The van der Waals surface area contributed by atoms with E-state index in [0.29, 0.717) is 11.8 Å². The van der Waals surface area contributed by atoms with Crippen molar-refractivity contribution in [2.24, 2.45) is 0 Å². The van der Waals surface area contributed by atoms with E-state index in [1.165, 1.54) is 16.7 Å². The largest absolute Gasteiger partial charge is 0.362 e. The van der Waals surface area contributed by atoms with Crippen LogP contribution in [0.4, 0.5) is 0 Å². The van der Waals surface area contributed by atoms with Crippen LogP contribution in [-0.2, 0) is 5.41 Å². The monoisotopic (exact) mass is 362 g/mol. The summed E-state index contributed by atoms with van der Waals surface area (Å²) in [6.07, 6.45) is 0. The summed E-state index contributed by atoms with van der Waals surface area (Å²) in [7, 11) is 0. The highest BCUT2D eigenvalue weighted by Gasteiger charge is 2.24. The van der Waals surface area contributed by atoms with Gasteiger partial charge in [-0.1, -0.05) is 39.0 Å². The van der Waals surface area contributed by atoms with E-state index in [-0.39, 0.29) is 5.41 Å². The molecule has 2 aliphatic rings. The SMILES string of the molecule is CC(C)(C)c1cc(C2CNC(=S)NC2)cc(C2CNC(=S)NC2)c1. The highest BCUT2D eigenvalue weighted by atomic mass is 32.1.